The molecule has 0 unspecified atom stereocenters. The van der Waals surface area contributed by atoms with E-state index in [2.05, 4.69) is 211 Å². The fraction of sp³-hybridized carbons (Fsp3) is 0. The summed E-state index contributed by atoms with van der Waals surface area (Å²) in [6, 6.07) is 76.5. The van der Waals surface area contributed by atoms with E-state index in [9.17, 15) is 0 Å². The molecule has 0 saturated heterocycles. The lowest BCUT2D eigenvalue weighted by atomic mass is 9.91. The van der Waals surface area contributed by atoms with Gasteiger partial charge in [-0.2, -0.15) is 0 Å². The van der Waals surface area contributed by atoms with Crippen molar-refractivity contribution in [1.29, 1.82) is 0 Å². The Labute approximate surface area is 325 Å². The van der Waals surface area contributed by atoms with Crippen molar-refractivity contribution in [2.24, 2.45) is 0 Å². The van der Waals surface area contributed by atoms with Gasteiger partial charge in [0.1, 0.15) is 11.2 Å². The monoisotopic (exact) mass is 713 g/mol. The summed E-state index contributed by atoms with van der Waals surface area (Å²) in [5.41, 5.74) is 12.2. The van der Waals surface area contributed by atoms with Crippen molar-refractivity contribution < 1.29 is 4.42 Å². The zero-order valence-electron chi connectivity index (χ0n) is 30.6. The molecule has 0 fully saturated rings. The summed E-state index contributed by atoms with van der Waals surface area (Å²) in [5, 5.41) is 9.66. The predicted octanol–water partition coefficient (Wildman–Crippen LogP) is 15.5. The minimum absolute atomic E-state index is 0.908. The number of fused-ring (bicyclic) bond motifs is 7. The number of anilines is 3. The topological polar surface area (TPSA) is 16.4 Å². The van der Waals surface area contributed by atoms with E-state index in [0.717, 1.165) is 50.1 Å². The number of rotatable bonds is 6. The number of furan rings is 1. The van der Waals surface area contributed by atoms with Crippen molar-refractivity contribution in [1.82, 2.24) is 0 Å². The van der Waals surface area contributed by atoms with E-state index in [1.165, 1.54) is 54.6 Å². The maximum Gasteiger partial charge on any atom is 0.136 e. The van der Waals surface area contributed by atoms with Crippen LogP contribution in [-0.2, 0) is 0 Å². The van der Waals surface area contributed by atoms with Crippen LogP contribution in [0.2, 0.25) is 0 Å². The van der Waals surface area contributed by atoms with Crippen LogP contribution >= 0.6 is 0 Å². The Hall–Kier alpha value is -7.42. The van der Waals surface area contributed by atoms with Gasteiger partial charge in [-0.05, 0) is 132 Å². The molecule has 2 heteroatoms. The first-order valence-electron chi connectivity index (χ1n) is 19.2. The minimum atomic E-state index is 0.908. The molecule has 0 radical (unpaired) electrons. The first kappa shape index (κ1) is 32.0. The van der Waals surface area contributed by atoms with Gasteiger partial charge in [0.25, 0.3) is 0 Å². The zero-order valence-corrected chi connectivity index (χ0v) is 30.6. The molecule has 0 bridgehead atoms. The Bertz CT molecular complexity index is 3230. The van der Waals surface area contributed by atoms with Crippen LogP contribution in [0.4, 0.5) is 17.1 Å². The molecular weight excluding hydrogens is 679 g/mol. The third-order valence-corrected chi connectivity index (χ3v) is 11.2. The highest BCUT2D eigenvalue weighted by molar-refractivity contribution is 6.22. The summed E-state index contributed by atoms with van der Waals surface area (Å²) in [6.07, 6.45) is 0. The number of benzene rings is 10. The Kier molecular flexibility index (Phi) is 7.53. The summed E-state index contributed by atoms with van der Waals surface area (Å²) in [6.45, 7) is 0. The Morgan fingerprint density at radius 3 is 1.46 bits per heavy atom. The van der Waals surface area contributed by atoms with E-state index >= 15 is 0 Å². The molecule has 1 heterocycles. The third kappa shape index (κ3) is 5.51. The van der Waals surface area contributed by atoms with Crippen molar-refractivity contribution in [3.63, 3.8) is 0 Å². The predicted molar refractivity (Wildman–Crippen MR) is 237 cm³/mol. The van der Waals surface area contributed by atoms with E-state index in [-0.39, 0.29) is 0 Å². The number of para-hydroxylation sites is 2. The summed E-state index contributed by atoms with van der Waals surface area (Å²) >= 11 is 0. The van der Waals surface area contributed by atoms with Gasteiger partial charge in [0.05, 0.1) is 0 Å². The maximum atomic E-state index is 6.47. The van der Waals surface area contributed by atoms with Gasteiger partial charge in [0, 0.05) is 27.8 Å². The maximum absolute atomic E-state index is 6.47. The van der Waals surface area contributed by atoms with E-state index < -0.39 is 0 Å². The fourth-order valence-electron chi connectivity index (χ4n) is 8.41. The number of hydrogen-bond donors (Lipinski definition) is 0. The van der Waals surface area contributed by atoms with Crippen molar-refractivity contribution in [2.75, 3.05) is 4.90 Å². The quantitative estimate of drug-likeness (QED) is 0.171. The molecule has 10 aromatic carbocycles. The second-order valence-electron chi connectivity index (χ2n) is 14.5. The van der Waals surface area contributed by atoms with Gasteiger partial charge in [0.15, 0.2) is 0 Å². The van der Waals surface area contributed by atoms with Crippen LogP contribution in [0, 0.1) is 0 Å². The second kappa shape index (κ2) is 13.2. The van der Waals surface area contributed by atoms with Crippen molar-refractivity contribution in [3.05, 3.63) is 212 Å². The number of nitrogens with zero attached hydrogens (tertiary/aromatic N) is 1. The van der Waals surface area contributed by atoms with Crippen LogP contribution in [0.3, 0.4) is 0 Å². The molecule has 2 nitrogen and oxygen atoms in total. The third-order valence-electron chi connectivity index (χ3n) is 11.2. The highest BCUT2D eigenvalue weighted by Crippen LogP contribution is 2.43. The molecule has 0 saturated carbocycles. The number of hydrogen-bond acceptors (Lipinski definition) is 2. The Balaban J connectivity index is 1.000. The molecular formula is C54H35NO. The lowest BCUT2D eigenvalue weighted by Gasteiger charge is -2.26. The molecule has 1 aromatic heterocycles. The van der Waals surface area contributed by atoms with Gasteiger partial charge < -0.3 is 9.32 Å². The van der Waals surface area contributed by atoms with Crippen LogP contribution in [0.25, 0.3) is 87.6 Å². The van der Waals surface area contributed by atoms with Crippen molar-refractivity contribution in [2.45, 2.75) is 0 Å². The molecule has 0 aliphatic carbocycles. The summed E-state index contributed by atoms with van der Waals surface area (Å²) in [4.78, 5) is 2.33. The van der Waals surface area contributed by atoms with E-state index in [1.807, 2.05) is 6.07 Å². The highest BCUT2D eigenvalue weighted by atomic mass is 16.3. The standard InChI is InChI=1S/C54H35NO/c1-2-14-45(15-3-1)55(46-27-22-38(23-28-46)42-20-18-36-10-4-6-12-40(36)32-42)47-29-24-39(25-30-47)43-26-31-48-51(34-43)50(44-21-19-37-11-5-7-13-41(37)33-44)35-53-54(48)49-16-8-9-17-52(49)56-53/h1-35H. The largest absolute Gasteiger partial charge is 0.456 e. The molecule has 262 valence electrons. The molecule has 0 atom stereocenters. The lowest BCUT2D eigenvalue weighted by molar-refractivity contribution is 0.669. The summed E-state index contributed by atoms with van der Waals surface area (Å²) in [5.74, 6) is 0. The van der Waals surface area contributed by atoms with Gasteiger partial charge in [-0.25, -0.2) is 0 Å². The lowest BCUT2D eigenvalue weighted by Crippen LogP contribution is -2.09. The minimum Gasteiger partial charge on any atom is -0.456 e. The molecule has 0 aliphatic heterocycles. The SMILES string of the molecule is c1ccc(N(c2ccc(-c3ccc4ccccc4c3)cc2)c2ccc(-c3ccc4c(c3)c(-c3ccc5ccccc5c3)cc3oc5ccccc5c34)cc2)cc1. The van der Waals surface area contributed by atoms with Crippen molar-refractivity contribution >= 4 is 71.3 Å². The van der Waals surface area contributed by atoms with Gasteiger partial charge in [-0.3, -0.25) is 0 Å². The van der Waals surface area contributed by atoms with Gasteiger partial charge >= 0.3 is 0 Å². The first-order valence-corrected chi connectivity index (χ1v) is 19.2. The summed E-state index contributed by atoms with van der Waals surface area (Å²) < 4.78 is 6.47. The highest BCUT2D eigenvalue weighted by Gasteiger charge is 2.17. The summed E-state index contributed by atoms with van der Waals surface area (Å²) in [7, 11) is 0. The molecule has 56 heavy (non-hydrogen) atoms. The molecule has 0 amide bonds. The second-order valence-corrected chi connectivity index (χ2v) is 14.5. The van der Waals surface area contributed by atoms with Gasteiger partial charge in [-0.1, -0.05) is 146 Å². The van der Waals surface area contributed by atoms with Gasteiger partial charge in [0.2, 0.25) is 0 Å². The van der Waals surface area contributed by atoms with Crippen LogP contribution in [0.15, 0.2) is 217 Å². The van der Waals surface area contributed by atoms with Gasteiger partial charge in [-0.15, -0.1) is 0 Å². The van der Waals surface area contributed by atoms with Crippen LogP contribution in [0.5, 0.6) is 0 Å². The molecule has 11 aromatic rings. The molecule has 0 spiro atoms. The van der Waals surface area contributed by atoms with Crippen LogP contribution in [0.1, 0.15) is 0 Å². The first-order chi connectivity index (χ1) is 27.7. The van der Waals surface area contributed by atoms with E-state index in [1.54, 1.807) is 0 Å². The average Bonchev–Trinajstić information content (AvgIpc) is 3.65. The van der Waals surface area contributed by atoms with E-state index in [4.69, 9.17) is 4.42 Å². The molecule has 11 rings (SSSR count). The fourth-order valence-corrected chi connectivity index (χ4v) is 8.41. The Morgan fingerprint density at radius 1 is 0.286 bits per heavy atom. The normalized spacial score (nSPS) is 11.6. The Morgan fingerprint density at radius 2 is 0.786 bits per heavy atom. The van der Waals surface area contributed by atoms with Crippen molar-refractivity contribution in [3.8, 4) is 33.4 Å². The van der Waals surface area contributed by atoms with Crippen LogP contribution in [-0.4, -0.2) is 0 Å². The molecule has 0 N–H and O–H groups in total. The zero-order chi connectivity index (χ0) is 37.0. The van der Waals surface area contributed by atoms with Crippen LogP contribution < -0.4 is 4.90 Å². The molecule has 0 aliphatic rings. The average molecular weight is 714 g/mol. The smallest absolute Gasteiger partial charge is 0.136 e. The van der Waals surface area contributed by atoms with E-state index in [0.29, 0.717) is 0 Å².